The smallest absolute Gasteiger partial charge is 0.0412 e. The number of hydrogen-bond donors (Lipinski definition) is 1. The van der Waals surface area contributed by atoms with E-state index in [1.54, 1.807) is 11.1 Å². The molecular formula is C13H17NS. The zero-order chi connectivity index (χ0) is 10.1. The van der Waals surface area contributed by atoms with Gasteiger partial charge in [0.2, 0.25) is 0 Å². The fourth-order valence-corrected chi connectivity index (χ4v) is 3.56. The lowest BCUT2D eigenvalue weighted by atomic mass is 10.0. The lowest BCUT2D eigenvalue weighted by Gasteiger charge is -2.24. The molecule has 1 fully saturated rings. The highest BCUT2D eigenvalue weighted by Crippen LogP contribution is 2.27. The van der Waals surface area contributed by atoms with E-state index < -0.39 is 0 Å². The van der Waals surface area contributed by atoms with Crippen molar-refractivity contribution in [3.63, 3.8) is 0 Å². The molecule has 0 bridgehead atoms. The summed E-state index contributed by atoms with van der Waals surface area (Å²) in [7, 11) is 0. The highest BCUT2D eigenvalue weighted by atomic mass is 32.2. The summed E-state index contributed by atoms with van der Waals surface area (Å²) >= 11 is 2.07. The zero-order valence-corrected chi connectivity index (χ0v) is 9.78. The second-order valence-corrected chi connectivity index (χ2v) is 5.61. The third kappa shape index (κ3) is 1.93. The zero-order valence-electron chi connectivity index (χ0n) is 8.96. The monoisotopic (exact) mass is 219 g/mol. The molecule has 2 heteroatoms. The predicted molar refractivity (Wildman–Crippen MR) is 66.5 cm³/mol. The molecule has 1 unspecified atom stereocenters. The quantitative estimate of drug-likeness (QED) is 0.779. The molecule has 0 spiro atoms. The van der Waals surface area contributed by atoms with E-state index in [-0.39, 0.29) is 0 Å². The molecule has 0 radical (unpaired) electrons. The van der Waals surface area contributed by atoms with Crippen LogP contribution in [0.5, 0.6) is 0 Å². The van der Waals surface area contributed by atoms with Gasteiger partial charge in [0, 0.05) is 24.1 Å². The first-order chi connectivity index (χ1) is 7.43. The standard InChI is InChI=1S/C13H17NS/c1-2-10-4-5-12(8-11(10)3-1)13-9-15-7-6-14-13/h4-5,8,13-14H,1-3,6-7,9H2. The second-order valence-electron chi connectivity index (χ2n) is 4.46. The molecule has 80 valence electrons. The Bertz CT molecular complexity index is 356. The number of fused-ring (bicyclic) bond motifs is 1. The number of benzene rings is 1. The van der Waals surface area contributed by atoms with Gasteiger partial charge in [-0.25, -0.2) is 0 Å². The molecule has 1 aromatic carbocycles. The third-order valence-electron chi connectivity index (χ3n) is 3.45. The molecule has 1 aromatic rings. The topological polar surface area (TPSA) is 12.0 Å². The molecule has 1 atom stereocenters. The summed E-state index contributed by atoms with van der Waals surface area (Å²) in [6.45, 7) is 1.16. The summed E-state index contributed by atoms with van der Waals surface area (Å²) in [5.41, 5.74) is 4.69. The number of nitrogens with one attached hydrogen (secondary N) is 1. The van der Waals surface area contributed by atoms with E-state index in [9.17, 15) is 0 Å². The molecule has 1 heterocycles. The van der Waals surface area contributed by atoms with E-state index in [2.05, 4.69) is 35.3 Å². The normalized spacial score (nSPS) is 25.2. The van der Waals surface area contributed by atoms with E-state index in [0.29, 0.717) is 6.04 Å². The molecule has 3 rings (SSSR count). The van der Waals surface area contributed by atoms with Crippen LogP contribution in [0, 0.1) is 0 Å². The SMILES string of the molecule is c1cc2c(cc1C1CSCCN1)CCC2. The maximum atomic E-state index is 3.61. The number of hydrogen-bond acceptors (Lipinski definition) is 2. The molecule has 2 aliphatic rings. The molecule has 1 nitrogen and oxygen atoms in total. The van der Waals surface area contributed by atoms with Crippen molar-refractivity contribution in [1.29, 1.82) is 0 Å². The summed E-state index contributed by atoms with van der Waals surface area (Å²) in [6.07, 6.45) is 3.94. The maximum absolute atomic E-state index is 3.61. The molecule has 1 N–H and O–H groups in total. The second kappa shape index (κ2) is 4.18. The average molecular weight is 219 g/mol. The fraction of sp³-hybridized carbons (Fsp3) is 0.538. The minimum Gasteiger partial charge on any atom is -0.308 e. The highest BCUT2D eigenvalue weighted by molar-refractivity contribution is 7.99. The van der Waals surface area contributed by atoms with Gasteiger partial charge in [-0.2, -0.15) is 11.8 Å². The first kappa shape index (κ1) is 9.73. The minimum absolute atomic E-state index is 0.592. The first-order valence-corrected chi connectivity index (χ1v) is 7.02. The van der Waals surface area contributed by atoms with E-state index in [1.807, 2.05) is 0 Å². The average Bonchev–Trinajstić information content (AvgIpc) is 2.77. The Kier molecular flexibility index (Phi) is 2.72. The Hall–Kier alpha value is -0.470. The van der Waals surface area contributed by atoms with Gasteiger partial charge in [0.25, 0.3) is 0 Å². The van der Waals surface area contributed by atoms with Crippen molar-refractivity contribution in [3.8, 4) is 0 Å². The molecule has 15 heavy (non-hydrogen) atoms. The van der Waals surface area contributed by atoms with Crippen LogP contribution in [0.25, 0.3) is 0 Å². The van der Waals surface area contributed by atoms with Crippen LogP contribution in [-0.2, 0) is 12.8 Å². The van der Waals surface area contributed by atoms with Gasteiger partial charge in [0.05, 0.1) is 0 Å². The third-order valence-corrected chi connectivity index (χ3v) is 4.51. The Labute approximate surface area is 95.6 Å². The van der Waals surface area contributed by atoms with Crippen LogP contribution in [0.4, 0.5) is 0 Å². The van der Waals surface area contributed by atoms with Gasteiger partial charge in [0.1, 0.15) is 0 Å². The summed E-state index contributed by atoms with van der Waals surface area (Å²) < 4.78 is 0. The Morgan fingerprint density at radius 2 is 2.13 bits per heavy atom. The van der Waals surface area contributed by atoms with Crippen LogP contribution in [0.3, 0.4) is 0 Å². The molecule has 0 saturated carbocycles. The number of rotatable bonds is 1. The molecule has 1 saturated heterocycles. The fourth-order valence-electron chi connectivity index (χ4n) is 2.59. The molecule has 1 aliphatic heterocycles. The molecule has 0 aromatic heterocycles. The van der Waals surface area contributed by atoms with Crippen molar-refractivity contribution >= 4 is 11.8 Å². The van der Waals surface area contributed by atoms with E-state index >= 15 is 0 Å². The van der Waals surface area contributed by atoms with Crippen LogP contribution in [-0.4, -0.2) is 18.1 Å². The van der Waals surface area contributed by atoms with Crippen LogP contribution >= 0.6 is 11.8 Å². The lowest BCUT2D eigenvalue weighted by Crippen LogP contribution is -2.30. The van der Waals surface area contributed by atoms with Crippen LogP contribution < -0.4 is 5.32 Å². The molecular weight excluding hydrogens is 202 g/mol. The van der Waals surface area contributed by atoms with Gasteiger partial charge in [-0.05, 0) is 36.0 Å². The van der Waals surface area contributed by atoms with E-state index in [4.69, 9.17) is 0 Å². The van der Waals surface area contributed by atoms with Gasteiger partial charge in [-0.3, -0.25) is 0 Å². The first-order valence-electron chi connectivity index (χ1n) is 5.86. The van der Waals surface area contributed by atoms with Crippen molar-refractivity contribution in [2.24, 2.45) is 0 Å². The van der Waals surface area contributed by atoms with Crippen molar-refractivity contribution in [2.75, 3.05) is 18.1 Å². The Balaban J connectivity index is 1.85. The minimum atomic E-state index is 0.592. The van der Waals surface area contributed by atoms with Crippen LogP contribution in [0.1, 0.15) is 29.2 Å². The van der Waals surface area contributed by atoms with Crippen LogP contribution in [0.15, 0.2) is 18.2 Å². The summed E-state index contributed by atoms with van der Waals surface area (Å²) in [6, 6.07) is 7.70. The molecule has 0 amide bonds. The van der Waals surface area contributed by atoms with Crippen molar-refractivity contribution < 1.29 is 0 Å². The van der Waals surface area contributed by atoms with Crippen molar-refractivity contribution in [3.05, 3.63) is 34.9 Å². The molecule has 1 aliphatic carbocycles. The summed E-state index contributed by atoms with van der Waals surface area (Å²) in [4.78, 5) is 0. The van der Waals surface area contributed by atoms with Crippen molar-refractivity contribution in [1.82, 2.24) is 5.32 Å². The predicted octanol–water partition coefficient (Wildman–Crippen LogP) is 2.55. The van der Waals surface area contributed by atoms with Gasteiger partial charge < -0.3 is 5.32 Å². The van der Waals surface area contributed by atoms with Crippen LogP contribution in [0.2, 0.25) is 0 Å². The van der Waals surface area contributed by atoms with Gasteiger partial charge in [-0.1, -0.05) is 18.2 Å². The van der Waals surface area contributed by atoms with E-state index in [1.165, 1.54) is 36.3 Å². The van der Waals surface area contributed by atoms with Gasteiger partial charge in [0.15, 0.2) is 0 Å². The largest absolute Gasteiger partial charge is 0.308 e. The van der Waals surface area contributed by atoms with E-state index in [0.717, 1.165) is 6.54 Å². The summed E-state index contributed by atoms with van der Waals surface area (Å²) in [5.74, 6) is 2.50. The number of aryl methyl sites for hydroxylation is 2. The van der Waals surface area contributed by atoms with Gasteiger partial charge in [-0.15, -0.1) is 0 Å². The Morgan fingerprint density at radius 1 is 1.20 bits per heavy atom. The lowest BCUT2D eigenvalue weighted by molar-refractivity contribution is 0.594. The highest BCUT2D eigenvalue weighted by Gasteiger charge is 2.17. The van der Waals surface area contributed by atoms with Gasteiger partial charge >= 0.3 is 0 Å². The maximum Gasteiger partial charge on any atom is 0.0412 e. The van der Waals surface area contributed by atoms with Crippen molar-refractivity contribution in [2.45, 2.75) is 25.3 Å². The Morgan fingerprint density at radius 3 is 3.00 bits per heavy atom. The summed E-state index contributed by atoms with van der Waals surface area (Å²) in [5, 5.41) is 3.61. The number of thioether (sulfide) groups is 1.